The number of rotatable bonds is 6. The maximum absolute atomic E-state index is 11.6. The van der Waals surface area contributed by atoms with Crippen molar-refractivity contribution in [3.8, 4) is 17.3 Å². The zero-order chi connectivity index (χ0) is 23.0. The number of nitrogens with zero attached hydrogens (tertiary/aromatic N) is 4. The van der Waals surface area contributed by atoms with Crippen molar-refractivity contribution in [2.45, 2.75) is 32.9 Å². The molecule has 2 aromatic heterocycles. The summed E-state index contributed by atoms with van der Waals surface area (Å²) in [5.74, 6) is 1.81. The van der Waals surface area contributed by atoms with E-state index in [1.165, 1.54) is 11.1 Å². The van der Waals surface area contributed by atoms with Gasteiger partial charge in [0.15, 0.2) is 9.84 Å². The summed E-state index contributed by atoms with van der Waals surface area (Å²) >= 11 is 0. The lowest BCUT2D eigenvalue weighted by Crippen LogP contribution is -2.54. The van der Waals surface area contributed by atoms with E-state index >= 15 is 0 Å². The highest BCUT2D eigenvalue weighted by Gasteiger charge is 2.38. The largest absolute Gasteiger partial charge is 0.477 e. The number of aryl methyl sites for hydroxylation is 1. The Bertz CT molecular complexity index is 1270. The molecule has 0 atom stereocenters. The zero-order valence-electron chi connectivity index (χ0n) is 18.8. The molecule has 0 amide bonds. The molecule has 1 saturated heterocycles. The van der Waals surface area contributed by atoms with Crippen LogP contribution in [0, 0.1) is 6.92 Å². The number of fused-ring (bicyclic) bond motifs is 1. The molecule has 2 aliphatic heterocycles. The minimum Gasteiger partial charge on any atom is -0.477 e. The molecule has 5 rings (SSSR count). The van der Waals surface area contributed by atoms with Gasteiger partial charge in [0.1, 0.15) is 11.5 Å². The van der Waals surface area contributed by atoms with Crippen molar-refractivity contribution in [2.24, 2.45) is 0 Å². The summed E-state index contributed by atoms with van der Waals surface area (Å²) < 4.78 is 28.6. The topological polar surface area (TPSA) is 97.3 Å². The molecule has 9 heteroatoms. The van der Waals surface area contributed by atoms with Crippen LogP contribution in [0.25, 0.3) is 11.4 Å². The Kier molecular flexibility index (Phi) is 5.76. The Morgan fingerprint density at radius 2 is 1.97 bits per heavy atom. The number of hydrogen-bond acceptors (Lipinski definition) is 8. The highest BCUT2D eigenvalue weighted by molar-refractivity contribution is 7.92. The quantitative estimate of drug-likeness (QED) is 0.593. The van der Waals surface area contributed by atoms with Gasteiger partial charge >= 0.3 is 0 Å². The summed E-state index contributed by atoms with van der Waals surface area (Å²) in [7, 11) is -2.82. The molecule has 1 fully saturated rings. The van der Waals surface area contributed by atoms with Gasteiger partial charge in [-0.25, -0.2) is 13.4 Å². The van der Waals surface area contributed by atoms with E-state index in [1.807, 2.05) is 38.1 Å². The summed E-state index contributed by atoms with van der Waals surface area (Å²) in [5.41, 5.74) is 6.02. The molecule has 4 heterocycles. The van der Waals surface area contributed by atoms with Gasteiger partial charge in [0, 0.05) is 30.9 Å². The molecule has 0 bridgehead atoms. The van der Waals surface area contributed by atoms with Crippen LogP contribution in [0.4, 0.5) is 11.5 Å². The van der Waals surface area contributed by atoms with Crippen LogP contribution in [0.3, 0.4) is 0 Å². The number of hydrogen-bond donors (Lipinski definition) is 1. The summed E-state index contributed by atoms with van der Waals surface area (Å²) in [4.78, 5) is 7.10. The highest BCUT2D eigenvalue weighted by atomic mass is 32.2. The summed E-state index contributed by atoms with van der Waals surface area (Å²) in [6.07, 6.45) is 0.873. The molecule has 0 aliphatic carbocycles. The van der Waals surface area contributed by atoms with Gasteiger partial charge in [0.25, 0.3) is 0 Å². The normalized spacial score (nSPS) is 17.8. The van der Waals surface area contributed by atoms with E-state index in [4.69, 9.17) is 9.72 Å². The predicted molar refractivity (Wildman–Crippen MR) is 127 cm³/mol. The number of benzene rings is 1. The molecule has 0 unspecified atom stereocenters. The highest BCUT2D eigenvalue weighted by Crippen LogP contribution is 2.32. The van der Waals surface area contributed by atoms with E-state index < -0.39 is 9.84 Å². The fourth-order valence-electron chi connectivity index (χ4n) is 4.48. The monoisotopic (exact) mass is 465 g/mol. The van der Waals surface area contributed by atoms with E-state index in [1.54, 1.807) is 6.07 Å². The first-order valence-electron chi connectivity index (χ1n) is 11.2. The van der Waals surface area contributed by atoms with Crippen LogP contribution in [0.5, 0.6) is 5.88 Å². The van der Waals surface area contributed by atoms with Crippen molar-refractivity contribution in [3.63, 3.8) is 0 Å². The van der Waals surface area contributed by atoms with Crippen molar-refractivity contribution in [1.29, 1.82) is 0 Å². The van der Waals surface area contributed by atoms with Crippen LogP contribution in [0.2, 0.25) is 0 Å². The van der Waals surface area contributed by atoms with Crippen molar-refractivity contribution >= 4 is 21.3 Å². The second-order valence-electron chi connectivity index (χ2n) is 8.57. The zero-order valence-corrected chi connectivity index (χ0v) is 19.6. The van der Waals surface area contributed by atoms with Crippen LogP contribution >= 0.6 is 0 Å². The summed E-state index contributed by atoms with van der Waals surface area (Å²) in [6.45, 7) is 6.10. The van der Waals surface area contributed by atoms with Crippen molar-refractivity contribution in [1.82, 2.24) is 20.1 Å². The lowest BCUT2D eigenvalue weighted by molar-refractivity contribution is 0.196. The van der Waals surface area contributed by atoms with Gasteiger partial charge in [0.05, 0.1) is 23.8 Å². The van der Waals surface area contributed by atoms with E-state index in [0.717, 1.165) is 42.3 Å². The molecule has 172 valence electrons. The molecule has 1 N–H and O–H groups in total. The number of ether oxygens (including phenoxy) is 1. The van der Waals surface area contributed by atoms with Crippen LogP contribution in [-0.4, -0.2) is 59.2 Å². The maximum atomic E-state index is 11.6. The van der Waals surface area contributed by atoms with Crippen LogP contribution in [0.1, 0.15) is 23.6 Å². The maximum Gasteiger partial charge on any atom is 0.233 e. The molecule has 3 aromatic rings. The molecular formula is C24H27N5O3S. The summed E-state index contributed by atoms with van der Waals surface area (Å²) in [5, 5.41) is 11.9. The van der Waals surface area contributed by atoms with Gasteiger partial charge in [-0.2, -0.15) is 0 Å². The second-order valence-corrected chi connectivity index (χ2v) is 10.7. The molecule has 0 radical (unpaired) electrons. The average molecular weight is 466 g/mol. The first-order chi connectivity index (χ1) is 15.9. The van der Waals surface area contributed by atoms with Gasteiger partial charge in [-0.1, -0.05) is 18.2 Å². The molecular weight excluding hydrogens is 438 g/mol. The Balaban J connectivity index is 1.36. The molecule has 1 aromatic carbocycles. The summed E-state index contributed by atoms with van der Waals surface area (Å²) in [6, 6.07) is 14.1. The van der Waals surface area contributed by atoms with Crippen molar-refractivity contribution < 1.29 is 13.2 Å². The van der Waals surface area contributed by atoms with Crippen LogP contribution < -0.4 is 10.1 Å². The first kappa shape index (κ1) is 21.8. The smallest absolute Gasteiger partial charge is 0.233 e. The molecule has 0 saturated carbocycles. The van der Waals surface area contributed by atoms with Gasteiger partial charge in [-0.3, -0.25) is 4.90 Å². The number of aromatic nitrogens is 3. The van der Waals surface area contributed by atoms with E-state index in [2.05, 4.69) is 32.5 Å². The van der Waals surface area contributed by atoms with Crippen LogP contribution in [-0.2, 0) is 22.8 Å². The third-order valence-corrected chi connectivity index (χ3v) is 8.02. The fourth-order valence-corrected chi connectivity index (χ4v) is 5.97. The minimum absolute atomic E-state index is 0.149. The standard InChI is InChI=1S/C24H27N5O3S/c1-3-32-23-10-8-21(27-28-23)24-16(2)7-9-22(26-24)25-20-6-4-5-17-13-29(12-11-19(17)20)18-14-33(30,31)15-18/h4-10,18H,3,11-15H2,1-2H3,(H,25,26). The number of sulfone groups is 1. The Morgan fingerprint density at radius 1 is 1.12 bits per heavy atom. The Hall–Kier alpha value is -3.04. The Labute approximate surface area is 193 Å². The predicted octanol–water partition coefficient (Wildman–Crippen LogP) is 3.14. The lowest BCUT2D eigenvalue weighted by atomic mass is 9.96. The third-order valence-electron chi connectivity index (χ3n) is 6.24. The van der Waals surface area contributed by atoms with Crippen LogP contribution in [0.15, 0.2) is 42.5 Å². The van der Waals surface area contributed by atoms with Gasteiger partial charge in [0.2, 0.25) is 5.88 Å². The van der Waals surface area contributed by atoms with Crippen molar-refractivity contribution in [2.75, 3.05) is 30.0 Å². The lowest BCUT2D eigenvalue weighted by Gasteiger charge is -2.40. The SMILES string of the molecule is CCOc1ccc(-c2nc(Nc3cccc4c3CCN(C3CS(=O)(=O)C3)C4)ccc2C)nn1. The first-order valence-corrected chi connectivity index (χ1v) is 13.0. The second kappa shape index (κ2) is 8.72. The van der Waals surface area contributed by atoms with E-state index in [9.17, 15) is 8.42 Å². The number of anilines is 2. The minimum atomic E-state index is -2.82. The molecule has 2 aliphatic rings. The van der Waals surface area contributed by atoms with E-state index in [-0.39, 0.29) is 17.5 Å². The number of pyridine rings is 1. The van der Waals surface area contributed by atoms with Gasteiger partial charge in [-0.15, -0.1) is 10.2 Å². The average Bonchev–Trinajstić information content (AvgIpc) is 2.79. The fraction of sp³-hybridized carbons (Fsp3) is 0.375. The molecule has 33 heavy (non-hydrogen) atoms. The third kappa shape index (κ3) is 4.56. The van der Waals surface area contributed by atoms with Gasteiger partial charge < -0.3 is 10.1 Å². The molecule has 0 spiro atoms. The van der Waals surface area contributed by atoms with Crippen molar-refractivity contribution in [3.05, 3.63) is 59.2 Å². The Morgan fingerprint density at radius 3 is 2.70 bits per heavy atom. The molecule has 8 nitrogen and oxygen atoms in total. The van der Waals surface area contributed by atoms with Gasteiger partial charge in [-0.05, 0) is 55.2 Å². The van der Waals surface area contributed by atoms with E-state index in [0.29, 0.717) is 18.2 Å². The number of nitrogens with one attached hydrogen (secondary N) is 1.